The van der Waals surface area contributed by atoms with E-state index in [4.69, 9.17) is 9.84 Å². The minimum atomic E-state index is -0.983. The van der Waals surface area contributed by atoms with Crippen molar-refractivity contribution in [2.75, 3.05) is 7.11 Å². The van der Waals surface area contributed by atoms with Crippen molar-refractivity contribution in [2.24, 2.45) is 0 Å². The second-order valence-electron chi connectivity index (χ2n) is 4.32. The van der Waals surface area contributed by atoms with E-state index >= 15 is 0 Å². The normalized spacial score (nSPS) is 10.7. The van der Waals surface area contributed by atoms with Gasteiger partial charge in [0.1, 0.15) is 17.1 Å². The van der Waals surface area contributed by atoms with Crippen LogP contribution >= 0.6 is 0 Å². The second kappa shape index (κ2) is 4.70. The lowest BCUT2D eigenvalue weighted by Crippen LogP contribution is -1.96. The lowest BCUT2D eigenvalue weighted by molar-refractivity contribution is 0.0699. The molecule has 0 unspecified atom stereocenters. The molecular formula is C15H12N2O3. The Morgan fingerprint density at radius 2 is 1.95 bits per heavy atom. The molecule has 0 aliphatic carbocycles. The number of hydrogen-bond donors (Lipinski definition) is 2. The molecule has 0 radical (unpaired) electrons. The predicted molar refractivity (Wildman–Crippen MR) is 75.0 cm³/mol. The van der Waals surface area contributed by atoms with Crippen LogP contribution in [0.4, 0.5) is 0 Å². The van der Waals surface area contributed by atoms with Crippen molar-refractivity contribution in [2.45, 2.75) is 0 Å². The summed E-state index contributed by atoms with van der Waals surface area (Å²) in [5.41, 5.74) is 2.23. The SMILES string of the molecule is COc1ccc(-c2nc3c(C(=O)O)cccc3[nH]2)cc1. The van der Waals surface area contributed by atoms with Gasteiger partial charge in [0.2, 0.25) is 0 Å². The van der Waals surface area contributed by atoms with Crippen molar-refractivity contribution in [3.05, 3.63) is 48.0 Å². The number of aromatic amines is 1. The highest BCUT2D eigenvalue weighted by Crippen LogP contribution is 2.24. The Morgan fingerprint density at radius 3 is 2.60 bits per heavy atom. The summed E-state index contributed by atoms with van der Waals surface area (Å²) in [4.78, 5) is 18.7. The average molecular weight is 268 g/mol. The van der Waals surface area contributed by atoms with Crippen LogP contribution in [0.1, 0.15) is 10.4 Å². The number of rotatable bonds is 3. The number of hydrogen-bond acceptors (Lipinski definition) is 3. The van der Waals surface area contributed by atoms with Gasteiger partial charge in [-0.3, -0.25) is 0 Å². The van der Waals surface area contributed by atoms with Gasteiger partial charge in [-0.2, -0.15) is 0 Å². The third kappa shape index (κ3) is 1.99. The first-order valence-corrected chi connectivity index (χ1v) is 6.05. The fraction of sp³-hybridized carbons (Fsp3) is 0.0667. The minimum Gasteiger partial charge on any atom is -0.497 e. The first-order valence-electron chi connectivity index (χ1n) is 6.05. The second-order valence-corrected chi connectivity index (χ2v) is 4.32. The number of methoxy groups -OCH3 is 1. The van der Waals surface area contributed by atoms with Gasteiger partial charge in [0.25, 0.3) is 0 Å². The summed E-state index contributed by atoms with van der Waals surface area (Å²) in [6, 6.07) is 12.5. The van der Waals surface area contributed by atoms with E-state index in [1.54, 1.807) is 19.2 Å². The fourth-order valence-corrected chi connectivity index (χ4v) is 2.09. The number of nitrogens with zero attached hydrogens (tertiary/aromatic N) is 1. The number of carboxylic acids is 1. The van der Waals surface area contributed by atoms with E-state index in [0.717, 1.165) is 11.3 Å². The molecule has 0 bridgehead atoms. The third-order valence-electron chi connectivity index (χ3n) is 3.11. The van der Waals surface area contributed by atoms with Crippen molar-refractivity contribution in [3.63, 3.8) is 0 Å². The number of ether oxygens (including phenoxy) is 1. The van der Waals surface area contributed by atoms with Crippen molar-refractivity contribution >= 4 is 17.0 Å². The number of benzene rings is 2. The molecule has 5 heteroatoms. The van der Waals surface area contributed by atoms with Crippen LogP contribution in [0.5, 0.6) is 5.75 Å². The van der Waals surface area contributed by atoms with Crippen LogP contribution in [0.25, 0.3) is 22.4 Å². The van der Waals surface area contributed by atoms with E-state index in [-0.39, 0.29) is 5.56 Å². The van der Waals surface area contributed by atoms with E-state index in [0.29, 0.717) is 16.9 Å². The number of carboxylic acid groups (broad SMARTS) is 1. The highest BCUT2D eigenvalue weighted by molar-refractivity contribution is 6.01. The summed E-state index contributed by atoms with van der Waals surface area (Å²) in [5, 5.41) is 9.16. The van der Waals surface area contributed by atoms with Crippen molar-refractivity contribution in [1.82, 2.24) is 9.97 Å². The number of H-pyrrole nitrogens is 1. The number of aromatic nitrogens is 2. The maximum absolute atomic E-state index is 11.2. The summed E-state index contributed by atoms with van der Waals surface area (Å²) in [6.45, 7) is 0. The quantitative estimate of drug-likeness (QED) is 0.765. The maximum atomic E-state index is 11.2. The van der Waals surface area contributed by atoms with Gasteiger partial charge in [-0.1, -0.05) is 6.07 Å². The molecule has 2 aromatic carbocycles. The smallest absolute Gasteiger partial charge is 0.337 e. The van der Waals surface area contributed by atoms with E-state index in [1.807, 2.05) is 30.3 Å². The van der Waals surface area contributed by atoms with Crippen LogP contribution in [-0.4, -0.2) is 28.2 Å². The van der Waals surface area contributed by atoms with E-state index in [2.05, 4.69) is 9.97 Å². The molecule has 1 heterocycles. The molecule has 0 saturated carbocycles. The largest absolute Gasteiger partial charge is 0.497 e. The molecule has 5 nitrogen and oxygen atoms in total. The summed E-state index contributed by atoms with van der Waals surface area (Å²) < 4.78 is 5.11. The Kier molecular flexibility index (Phi) is 2.87. The van der Waals surface area contributed by atoms with Crippen LogP contribution in [0.2, 0.25) is 0 Å². The van der Waals surface area contributed by atoms with Crippen LogP contribution in [0, 0.1) is 0 Å². The van der Waals surface area contributed by atoms with E-state index in [1.165, 1.54) is 0 Å². The zero-order valence-electron chi connectivity index (χ0n) is 10.8. The maximum Gasteiger partial charge on any atom is 0.337 e. The Bertz CT molecular complexity index is 775. The number of carbonyl (C=O) groups is 1. The lowest BCUT2D eigenvalue weighted by Gasteiger charge is -2.00. The molecule has 100 valence electrons. The molecule has 0 fully saturated rings. The topological polar surface area (TPSA) is 75.2 Å². The molecule has 0 saturated heterocycles. The summed E-state index contributed by atoms with van der Waals surface area (Å²) in [6.07, 6.45) is 0. The number of fused-ring (bicyclic) bond motifs is 1. The summed E-state index contributed by atoms with van der Waals surface area (Å²) >= 11 is 0. The first kappa shape index (κ1) is 12.2. The standard InChI is InChI=1S/C15H12N2O3/c1-20-10-7-5-9(6-8-10)14-16-12-4-2-3-11(15(18)19)13(12)17-14/h2-8H,1H3,(H,16,17)(H,18,19). The molecule has 0 atom stereocenters. The van der Waals surface area contributed by atoms with Gasteiger partial charge in [-0.15, -0.1) is 0 Å². The van der Waals surface area contributed by atoms with Crippen LogP contribution < -0.4 is 4.74 Å². The monoisotopic (exact) mass is 268 g/mol. The molecule has 20 heavy (non-hydrogen) atoms. The first-order chi connectivity index (χ1) is 9.69. The molecule has 0 aliphatic rings. The van der Waals surface area contributed by atoms with E-state index in [9.17, 15) is 4.79 Å². The Labute approximate surface area is 114 Å². The van der Waals surface area contributed by atoms with Crippen molar-refractivity contribution in [1.29, 1.82) is 0 Å². The average Bonchev–Trinajstić information content (AvgIpc) is 2.90. The molecule has 0 spiro atoms. The number of aromatic carboxylic acids is 1. The summed E-state index contributed by atoms with van der Waals surface area (Å²) in [7, 11) is 1.61. The molecule has 3 rings (SSSR count). The number of nitrogens with one attached hydrogen (secondary N) is 1. The number of imidazole rings is 1. The zero-order chi connectivity index (χ0) is 14.1. The molecule has 1 aromatic heterocycles. The van der Waals surface area contributed by atoms with Gasteiger partial charge >= 0.3 is 5.97 Å². The van der Waals surface area contributed by atoms with Crippen molar-refractivity contribution in [3.8, 4) is 17.1 Å². The molecule has 0 aliphatic heterocycles. The minimum absolute atomic E-state index is 0.193. The van der Waals surface area contributed by atoms with Gasteiger partial charge < -0.3 is 14.8 Å². The van der Waals surface area contributed by atoms with Crippen LogP contribution in [0.3, 0.4) is 0 Å². The Morgan fingerprint density at radius 1 is 1.20 bits per heavy atom. The molecular weight excluding hydrogens is 256 g/mol. The van der Waals surface area contributed by atoms with Crippen LogP contribution in [0.15, 0.2) is 42.5 Å². The molecule has 0 amide bonds. The van der Waals surface area contributed by atoms with Gasteiger partial charge in [0.05, 0.1) is 18.2 Å². The van der Waals surface area contributed by atoms with Crippen LogP contribution in [-0.2, 0) is 0 Å². The van der Waals surface area contributed by atoms with Gasteiger partial charge in [0.15, 0.2) is 0 Å². The highest BCUT2D eigenvalue weighted by Gasteiger charge is 2.13. The number of para-hydroxylation sites is 1. The zero-order valence-corrected chi connectivity index (χ0v) is 10.8. The molecule has 3 aromatic rings. The van der Waals surface area contributed by atoms with E-state index < -0.39 is 5.97 Å². The molecule has 2 N–H and O–H groups in total. The highest BCUT2D eigenvalue weighted by atomic mass is 16.5. The predicted octanol–water partition coefficient (Wildman–Crippen LogP) is 2.94. The van der Waals surface area contributed by atoms with Gasteiger partial charge in [0, 0.05) is 5.56 Å². The Balaban J connectivity index is 2.12. The van der Waals surface area contributed by atoms with Gasteiger partial charge in [-0.25, -0.2) is 9.78 Å². The fourth-order valence-electron chi connectivity index (χ4n) is 2.09. The third-order valence-corrected chi connectivity index (χ3v) is 3.11. The lowest BCUT2D eigenvalue weighted by atomic mass is 10.2. The van der Waals surface area contributed by atoms with Crippen molar-refractivity contribution < 1.29 is 14.6 Å². The Hall–Kier alpha value is -2.82. The summed E-state index contributed by atoms with van der Waals surface area (Å²) in [5.74, 6) is 0.413. The van der Waals surface area contributed by atoms with Gasteiger partial charge in [-0.05, 0) is 36.4 Å².